The number of hydrogen-bond donors (Lipinski definition) is 3. The van der Waals surface area contributed by atoms with Gasteiger partial charge in [-0.05, 0) is 60.0 Å². The Kier molecular flexibility index (Phi) is 5.54. The second-order valence-corrected chi connectivity index (χ2v) is 8.77. The molecule has 3 N–H and O–H groups in total. The molecule has 3 aromatic heterocycles. The van der Waals surface area contributed by atoms with Gasteiger partial charge in [0, 0.05) is 63.6 Å². The average Bonchev–Trinajstić information content (AvgIpc) is 3.53. The number of amides is 1. The second kappa shape index (κ2) is 9.15. The number of pyridine rings is 1. The van der Waals surface area contributed by atoms with Gasteiger partial charge in [-0.1, -0.05) is 36.4 Å². The summed E-state index contributed by atoms with van der Waals surface area (Å²) < 4.78 is 13.6. The van der Waals surface area contributed by atoms with Crippen molar-refractivity contribution in [1.82, 2.24) is 20.3 Å². The summed E-state index contributed by atoms with van der Waals surface area (Å²) in [6.45, 7) is 0.440. The van der Waals surface area contributed by atoms with Gasteiger partial charge in [0.05, 0.1) is 5.69 Å². The SMILES string of the molecule is O=C(NCCc1c[nH]c2ccc(F)cc12)c1ccnc(-c2ccc3[nH]cc(-c4ccccc4)c3c2)c1. The van der Waals surface area contributed by atoms with Gasteiger partial charge in [0.2, 0.25) is 0 Å². The van der Waals surface area contributed by atoms with Crippen molar-refractivity contribution < 1.29 is 9.18 Å². The number of halogens is 1. The van der Waals surface area contributed by atoms with E-state index >= 15 is 0 Å². The first-order valence-corrected chi connectivity index (χ1v) is 11.8. The van der Waals surface area contributed by atoms with Gasteiger partial charge in [-0.3, -0.25) is 9.78 Å². The molecular weight excluding hydrogens is 451 g/mol. The van der Waals surface area contributed by atoms with Crippen molar-refractivity contribution in [2.24, 2.45) is 0 Å². The van der Waals surface area contributed by atoms with Crippen LogP contribution in [0.5, 0.6) is 0 Å². The van der Waals surface area contributed by atoms with Gasteiger partial charge in [-0.15, -0.1) is 0 Å². The molecule has 0 spiro atoms. The third kappa shape index (κ3) is 4.14. The molecule has 0 unspecified atom stereocenters. The van der Waals surface area contributed by atoms with Gasteiger partial charge in [0.1, 0.15) is 5.82 Å². The molecule has 3 heterocycles. The lowest BCUT2D eigenvalue weighted by Gasteiger charge is -2.08. The number of carbonyl (C=O) groups is 1. The van der Waals surface area contributed by atoms with Crippen molar-refractivity contribution in [1.29, 1.82) is 0 Å². The lowest BCUT2D eigenvalue weighted by atomic mass is 10.0. The van der Waals surface area contributed by atoms with E-state index in [9.17, 15) is 9.18 Å². The zero-order valence-electron chi connectivity index (χ0n) is 19.4. The fourth-order valence-electron chi connectivity index (χ4n) is 4.64. The maximum atomic E-state index is 13.6. The Morgan fingerprint density at radius 3 is 2.53 bits per heavy atom. The zero-order valence-corrected chi connectivity index (χ0v) is 19.4. The van der Waals surface area contributed by atoms with E-state index in [1.807, 2.05) is 48.8 Å². The van der Waals surface area contributed by atoms with E-state index < -0.39 is 0 Å². The van der Waals surface area contributed by atoms with E-state index in [1.54, 1.807) is 18.3 Å². The van der Waals surface area contributed by atoms with Gasteiger partial charge in [-0.25, -0.2) is 4.39 Å². The molecule has 0 aliphatic carbocycles. The molecule has 0 radical (unpaired) electrons. The molecule has 0 aliphatic rings. The van der Waals surface area contributed by atoms with Crippen LogP contribution in [-0.2, 0) is 6.42 Å². The van der Waals surface area contributed by atoms with Crippen LogP contribution >= 0.6 is 0 Å². The summed E-state index contributed by atoms with van der Waals surface area (Å²) in [5, 5.41) is 4.91. The highest BCUT2D eigenvalue weighted by Crippen LogP contribution is 2.31. The predicted octanol–water partition coefficient (Wildman–Crippen LogP) is 6.49. The highest BCUT2D eigenvalue weighted by molar-refractivity contribution is 5.99. The van der Waals surface area contributed by atoms with E-state index in [2.05, 4.69) is 38.5 Å². The maximum absolute atomic E-state index is 13.6. The molecule has 0 saturated carbocycles. The van der Waals surface area contributed by atoms with Crippen LogP contribution in [0.25, 0.3) is 44.2 Å². The maximum Gasteiger partial charge on any atom is 0.251 e. The third-order valence-corrected chi connectivity index (χ3v) is 6.49. The quantitative estimate of drug-likeness (QED) is 0.258. The highest BCUT2D eigenvalue weighted by Gasteiger charge is 2.12. The standard InChI is InChI=1S/C30H23FN4O/c31-23-7-9-27-24(16-23)22(17-34-27)11-13-33-30(36)21-10-12-32-29(15-21)20-6-8-28-25(14-20)26(18-35-28)19-4-2-1-3-5-19/h1-10,12,14-18,34-35H,11,13H2,(H,33,36). The van der Waals surface area contributed by atoms with Gasteiger partial charge in [0.25, 0.3) is 5.91 Å². The Hall–Kier alpha value is -4.71. The van der Waals surface area contributed by atoms with Crippen LogP contribution in [0, 0.1) is 5.82 Å². The molecule has 6 rings (SSSR count). The number of aromatic nitrogens is 3. The summed E-state index contributed by atoms with van der Waals surface area (Å²) in [7, 11) is 0. The summed E-state index contributed by atoms with van der Waals surface area (Å²) in [5.74, 6) is -0.442. The summed E-state index contributed by atoms with van der Waals surface area (Å²) in [6, 6.07) is 24.6. The first-order chi connectivity index (χ1) is 17.7. The Labute approximate surface area is 207 Å². The molecule has 5 nitrogen and oxygen atoms in total. The monoisotopic (exact) mass is 474 g/mol. The lowest BCUT2D eigenvalue weighted by molar-refractivity contribution is 0.0954. The van der Waals surface area contributed by atoms with E-state index in [0.29, 0.717) is 18.5 Å². The lowest BCUT2D eigenvalue weighted by Crippen LogP contribution is -2.25. The van der Waals surface area contributed by atoms with Crippen LogP contribution < -0.4 is 5.32 Å². The number of H-pyrrole nitrogens is 2. The number of rotatable bonds is 6. The normalized spacial score (nSPS) is 11.2. The topological polar surface area (TPSA) is 73.6 Å². The molecule has 0 atom stereocenters. The molecule has 3 aromatic carbocycles. The van der Waals surface area contributed by atoms with Crippen molar-refractivity contribution in [2.45, 2.75) is 6.42 Å². The summed E-state index contributed by atoms with van der Waals surface area (Å²) in [5.41, 5.74) is 7.37. The molecule has 176 valence electrons. The van der Waals surface area contributed by atoms with Crippen molar-refractivity contribution in [3.63, 3.8) is 0 Å². The largest absolute Gasteiger partial charge is 0.361 e. The fraction of sp³-hybridized carbons (Fsp3) is 0.0667. The number of hydrogen-bond acceptors (Lipinski definition) is 2. The van der Waals surface area contributed by atoms with Crippen molar-refractivity contribution in [3.8, 4) is 22.4 Å². The number of fused-ring (bicyclic) bond motifs is 2. The van der Waals surface area contributed by atoms with Gasteiger partial charge in [-0.2, -0.15) is 0 Å². The molecule has 1 amide bonds. The minimum Gasteiger partial charge on any atom is -0.361 e. The number of nitrogens with one attached hydrogen (secondary N) is 3. The molecule has 6 heteroatoms. The summed E-state index contributed by atoms with van der Waals surface area (Å²) >= 11 is 0. The van der Waals surface area contributed by atoms with E-state index in [0.717, 1.165) is 49.8 Å². The van der Waals surface area contributed by atoms with Crippen molar-refractivity contribution in [2.75, 3.05) is 6.54 Å². The predicted molar refractivity (Wildman–Crippen MR) is 141 cm³/mol. The molecule has 0 bridgehead atoms. The molecule has 0 saturated heterocycles. The molecule has 0 aliphatic heterocycles. The summed E-state index contributed by atoms with van der Waals surface area (Å²) in [4.78, 5) is 23.9. The summed E-state index contributed by atoms with van der Waals surface area (Å²) in [6.07, 6.45) is 6.14. The van der Waals surface area contributed by atoms with Gasteiger partial charge in [0.15, 0.2) is 0 Å². The number of carbonyl (C=O) groups excluding carboxylic acids is 1. The molecule has 0 fully saturated rings. The first-order valence-electron chi connectivity index (χ1n) is 11.8. The third-order valence-electron chi connectivity index (χ3n) is 6.49. The Morgan fingerprint density at radius 2 is 1.64 bits per heavy atom. The van der Waals surface area contributed by atoms with E-state index in [1.165, 1.54) is 12.1 Å². The van der Waals surface area contributed by atoms with Crippen LogP contribution in [0.2, 0.25) is 0 Å². The Bertz CT molecular complexity index is 1700. The first kappa shape index (κ1) is 21.8. The Morgan fingerprint density at radius 1 is 0.833 bits per heavy atom. The highest BCUT2D eigenvalue weighted by atomic mass is 19.1. The van der Waals surface area contributed by atoms with Crippen molar-refractivity contribution >= 4 is 27.7 Å². The van der Waals surface area contributed by atoms with Gasteiger partial charge >= 0.3 is 0 Å². The number of aromatic amines is 2. The minimum absolute atomic E-state index is 0.169. The van der Waals surface area contributed by atoms with E-state index in [-0.39, 0.29) is 11.7 Å². The number of nitrogens with zero attached hydrogens (tertiary/aromatic N) is 1. The Balaban J connectivity index is 1.20. The second-order valence-electron chi connectivity index (χ2n) is 8.77. The minimum atomic E-state index is -0.273. The van der Waals surface area contributed by atoms with Crippen LogP contribution in [0.1, 0.15) is 15.9 Å². The average molecular weight is 475 g/mol. The van der Waals surface area contributed by atoms with Crippen LogP contribution in [0.4, 0.5) is 4.39 Å². The molecule has 36 heavy (non-hydrogen) atoms. The zero-order chi connectivity index (χ0) is 24.5. The van der Waals surface area contributed by atoms with Crippen LogP contribution in [0.15, 0.2) is 97.5 Å². The van der Waals surface area contributed by atoms with E-state index in [4.69, 9.17) is 0 Å². The van der Waals surface area contributed by atoms with Crippen molar-refractivity contribution in [3.05, 3.63) is 114 Å². The van der Waals surface area contributed by atoms with Crippen LogP contribution in [0.3, 0.4) is 0 Å². The van der Waals surface area contributed by atoms with Crippen LogP contribution in [-0.4, -0.2) is 27.4 Å². The van der Waals surface area contributed by atoms with Gasteiger partial charge < -0.3 is 15.3 Å². The smallest absolute Gasteiger partial charge is 0.251 e. The fourth-order valence-corrected chi connectivity index (χ4v) is 4.64. The number of benzene rings is 3. The molecule has 6 aromatic rings. The molecular formula is C30H23FN4O.